The number of hydrogen-bond donors (Lipinski definition) is 1. The molecule has 4 nitrogen and oxygen atoms in total. The first-order valence-electron chi connectivity index (χ1n) is 8.38. The molecular formula is C18H22N2O2S. The smallest absolute Gasteiger partial charge is 0.165 e. The van der Waals surface area contributed by atoms with Crippen LogP contribution in [0.25, 0.3) is 0 Å². The van der Waals surface area contributed by atoms with E-state index < -0.39 is 0 Å². The largest absolute Gasteiger partial charge is 0.490 e. The maximum absolute atomic E-state index is 5.92. The van der Waals surface area contributed by atoms with Gasteiger partial charge in [-0.15, -0.1) is 11.3 Å². The predicted molar refractivity (Wildman–Crippen MR) is 91.4 cm³/mol. The third kappa shape index (κ3) is 3.08. The lowest BCUT2D eigenvalue weighted by Crippen LogP contribution is -2.24. The summed E-state index contributed by atoms with van der Waals surface area (Å²) in [6.07, 6.45) is 4.45. The third-order valence-corrected chi connectivity index (χ3v) is 5.58. The van der Waals surface area contributed by atoms with Gasteiger partial charge in [-0.05, 0) is 32.3 Å². The van der Waals surface area contributed by atoms with Crippen molar-refractivity contribution in [2.45, 2.75) is 45.2 Å². The second-order valence-electron chi connectivity index (χ2n) is 6.16. The lowest BCUT2D eigenvalue weighted by Gasteiger charge is -2.23. The average molecular weight is 330 g/mol. The van der Waals surface area contributed by atoms with E-state index in [0.29, 0.717) is 6.04 Å². The van der Waals surface area contributed by atoms with Crippen LogP contribution in [0.2, 0.25) is 0 Å². The summed E-state index contributed by atoms with van der Waals surface area (Å²) in [7, 11) is 0. The van der Waals surface area contributed by atoms with Gasteiger partial charge in [0.05, 0.1) is 23.9 Å². The molecule has 23 heavy (non-hydrogen) atoms. The highest BCUT2D eigenvalue weighted by molar-refractivity contribution is 7.11. The van der Waals surface area contributed by atoms with Crippen molar-refractivity contribution in [3.05, 3.63) is 39.3 Å². The molecule has 0 saturated heterocycles. The van der Waals surface area contributed by atoms with E-state index in [4.69, 9.17) is 9.47 Å². The van der Waals surface area contributed by atoms with Crippen molar-refractivity contribution in [1.29, 1.82) is 0 Å². The molecule has 0 bridgehead atoms. The second-order valence-corrected chi connectivity index (χ2v) is 7.40. The number of ether oxygens (including phenoxy) is 2. The zero-order valence-electron chi connectivity index (χ0n) is 13.4. The van der Waals surface area contributed by atoms with Gasteiger partial charge in [0.1, 0.15) is 0 Å². The predicted octanol–water partition coefficient (Wildman–Crippen LogP) is 3.78. The van der Waals surface area contributed by atoms with Crippen molar-refractivity contribution in [1.82, 2.24) is 10.3 Å². The Kier molecular flexibility index (Phi) is 4.23. The fourth-order valence-electron chi connectivity index (χ4n) is 3.36. The number of benzene rings is 1. The van der Waals surface area contributed by atoms with E-state index in [1.54, 1.807) is 0 Å². The van der Waals surface area contributed by atoms with E-state index in [2.05, 4.69) is 23.3 Å². The molecule has 0 amide bonds. The summed E-state index contributed by atoms with van der Waals surface area (Å²) in [6.45, 7) is 4.36. The van der Waals surface area contributed by atoms with Crippen LogP contribution in [0.15, 0.2) is 18.2 Å². The van der Waals surface area contributed by atoms with E-state index in [1.165, 1.54) is 34.0 Å². The van der Waals surface area contributed by atoms with Crippen LogP contribution in [-0.4, -0.2) is 18.2 Å². The van der Waals surface area contributed by atoms with Gasteiger partial charge in [-0.25, -0.2) is 4.98 Å². The molecular weight excluding hydrogens is 308 g/mol. The molecule has 0 spiro atoms. The third-order valence-electron chi connectivity index (χ3n) is 4.45. The Bertz CT molecular complexity index is 698. The maximum atomic E-state index is 5.92. The summed E-state index contributed by atoms with van der Waals surface area (Å²) in [5, 5.41) is 4.89. The van der Waals surface area contributed by atoms with Crippen LogP contribution in [0, 0.1) is 6.92 Å². The zero-order valence-corrected chi connectivity index (χ0v) is 14.2. The van der Waals surface area contributed by atoms with Crippen molar-refractivity contribution in [2.24, 2.45) is 0 Å². The highest BCUT2D eigenvalue weighted by atomic mass is 32.1. The normalized spacial score (nSPS) is 20.0. The first-order valence-corrected chi connectivity index (χ1v) is 9.20. The molecule has 2 aromatic rings. The molecule has 0 fully saturated rings. The number of nitrogens with zero attached hydrogens (tertiary/aromatic N) is 1. The summed E-state index contributed by atoms with van der Waals surface area (Å²) in [4.78, 5) is 6.10. The van der Waals surface area contributed by atoms with Crippen LogP contribution in [0.3, 0.4) is 0 Å². The summed E-state index contributed by atoms with van der Waals surface area (Å²) < 4.78 is 11.7. The van der Waals surface area contributed by atoms with Crippen molar-refractivity contribution in [3.8, 4) is 11.5 Å². The van der Waals surface area contributed by atoms with Crippen LogP contribution < -0.4 is 14.8 Å². The van der Waals surface area contributed by atoms with Gasteiger partial charge in [0.15, 0.2) is 11.5 Å². The van der Waals surface area contributed by atoms with Gasteiger partial charge in [0.2, 0.25) is 0 Å². The fourth-order valence-corrected chi connectivity index (χ4v) is 4.45. The molecule has 1 atom stereocenters. The molecule has 1 aromatic heterocycles. The monoisotopic (exact) mass is 330 g/mol. The number of rotatable bonds is 3. The summed E-state index contributed by atoms with van der Waals surface area (Å²) in [5.74, 6) is 1.79. The van der Waals surface area contributed by atoms with E-state index >= 15 is 0 Å². The topological polar surface area (TPSA) is 43.4 Å². The minimum Gasteiger partial charge on any atom is -0.490 e. The van der Waals surface area contributed by atoms with E-state index in [1.807, 2.05) is 23.5 Å². The minimum atomic E-state index is 0.410. The number of thiazole rings is 1. The van der Waals surface area contributed by atoms with Crippen LogP contribution >= 0.6 is 11.3 Å². The quantitative estimate of drug-likeness (QED) is 0.930. The van der Waals surface area contributed by atoms with Crippen LogP contribution in [0.4, 0.5) is 0 Å². The Balaban J connectivity index is 1.52. The number of hydrogen-bond acceptors (Lipinski definition) is 5. The van der Waals surface area contributed by atoms with Gasteiger partial charge in [0.25, 0.3) is 0 Å². The highest BCUT2D eigenvalue weighted by Gasteiger charge is 2.24. The summed E-state index contributed by atoms with van der Waals surface area (Å²) in [6, 6.07) is 6.58. The van der Waals surface area contributed by atoms with Crippen molar-refractivity contribution < 1.29 is 9.47 Å². The molecule has 5 heteroatoms. The first-order chi connectivity index (χ1) is 11.3. The lowest BCUT2D eigenvalue weighted by molar-refractivity contribution is 0.295. The Morgan fingerprint density at radius 3 is 3.13 bits per heavy atom. The number of aryl methyl sites for hydroxylation is 2. The second kappa shape index (κ2) is 6.49. The molecule has 122 valence electrons. The van der Waals surface area contributed by atoms with Gasteiger partial charge < -0.3 is 14.8 Å². The maximum Gasteiger partial charge on any atom is 0.165 e. The van der Waals surface area contributed by atoms with Crippen molar-refractivity contribution in [2.75, 3.05) is 13.2 Å². The average Bonchev–Trinajstić information content (AvgIpc) is 2.79. The molecule has 2 heterocycles. The number of fused-ring (bicyclic) bond motifs is 2. The molecule has 0 radical (unpaired) electrons. The lowest BCUT2D eigenvalue weighted by atomic mass is 9.98. The van der Waals surface area contributed by atoms with Crippen molar-refractivity contribution in [3.63, 3.8) is 0 Å². The zero-order chi connectivity index (χ0) is 15.6. The molecule has 1 aromatic carbocycles. The van der Waals surface area contributed by atoms with Gasteiger partial charge in [-0.3, -0.25) is 0 Å². The first kappa shape index (κ1) is 15.0. The SMILES string of the molecule is Cc1nc2c(s1)[C@H](NCc1cccc3c1OCCCO3)CCC2. The van der Waals surface area contributed by atoms with E-state index in [-0.39, 0.29) is 0 Å². The minimum absolute atomic E-state index is 0.410. The molecule has 1 N–H and O–H groups in total. The van der Waals surface area contributed by atoms with E-state index in [0.717, 1.165) is 44.1 Å². The Labute approximate surface area is 140 Å². The van der Waals surface area contributed by atoms with Crippen LogP contribution in [0.1, 0.15) is 46.4 Å². The van der Waals surface area contributed by atoms with Crippen LogP contribution in [-0.2, 0) is 13.0 Å². The van der Waals surface area contributed by atoms with Gasteiger partial charge in [-0.1, -0.05) is 12.1 Å². The molecule has 2 aliphatic rings. The molecule has 1 aliphatic heterocycles. The van der Waals surface area contributed by atoms with Gasteiger partial charge in [0, 0.05) is 29.4 Å². The molecule has 1 aliphatic carbocycles. The van der Waals surface area contributed by atoms with Gasteiger partial charge in [-0.2, -0.15) is 0 Å². The van der Waals surface area contributed by atoms with E-state index in [9.17, 15) is 0 Å². The molecule has 4 rings (SSSR count). The number of nitrogens with one attached hydrogen (secondary N) is 1. The Morgan fingerprint density at radius 1 is 1.26 bits per heavy atom. The van der Waals surface area contributed by atoms with Gasteiger partial charge >= 0.3 is 0 Å². The summed E-state index contributed by atoms with van der Waals surface area (Å²) in [5.41, 5.74) is 2.47. The number of aromatic nitrogens is 1. The standard InChI is InChI=1S/C18H22N2O2S/c1-12-20-15-7-3-6-14(18(15)23-12)19-11-13-5-2-8-16-17(13)22-10-4-9-21-16/h2,5,8,14,19H,3-4,6-7,9-11H2,1H3/t14-/m1/s1. The van der Waals surface area contributed by atoms with Crippen LogP contribution in [0.5, 0.6) is 11.5 Å². The molecule has 0 unspecified atom stereocenters. The Morgan fingerprint density at radius 2 is 2.17 bits per heavy atom. The number of para-hydroxylation sites is 1. The fraction of sp³-hybridized carbons (Fsp3) is 0.500. The summed E-state index contributed by atoms with van der Waals surface area (Å²) >= 11 is 1.84. The molecule has 0 saturated carbocycles. The Hall–Kier alpha value is -1.59. The van der Waals surface area contributed by atoms with Crippen molar-refractivity contribution >= 4 is 11.3 Å². The highest BCUT2D eigenvalue weighted by Crippen LogP contribution is 2.36.